The zero-order valence-electron chi connectivity index (χ0n) is 14.7. The Bertz CT molecular complexity index is 833. The lowest BCUT2D eigenvalue weighted by Crippen LogP contribution is -2.48. The van der Waals surface area contributed by atoms with Gasteiger partial charge in [-0.05, 0) is 85.5 Å². The van der Waals surface area contributed by atoms with Gasteiger partial charge in [0.05, 0.1) is 10.5 Å². The topological polar surface area (TPSA) is 76.5 Å². The van der Waals surface area contributed by atoms with Gasteiger partial charge in [0.1, 0.15) is 18.1 Å². The van der Waals surface area contributed by atoms with E-state index in [1.807, 2.05) is 6.07 Å². The normalized spacial score (nSPS) is 32.1. The number of rotatable bonds is 4. The molecule has 0 spiro atoms. The van der Waals surface area contributed by atoms with Crippen LogP contribution in [-0.4, -0.2) is 10.0 Å². The molecule has 1 aromatic heterocycles. The van der Waals surface area contributed by atoms with Crippen molar-refractivity contribution in [3.8, 4) is 11.3 Å². The Balaban J connectivity index is 1.57. The van der Waals surface area contributed by atoms with E-state index in [0.717, 1.165) is 23.3 Å². The highest BCUT2D eigenvalue weighted by atomic mass is 16.6. The summed E-state index contributed by atoms with van der Waals surface area (Å²) in [6, 6.07) is 9.07. The van der Waals surface area contributed by atoms with Gasteiger partial charge in [-0.25, -0.2) is 0 Å². The molecule has 1 heterocycles. The van der Waals surface area contributed by atoms with Crippen LogP contribution in [-0.2, 0) is 12.0 Å². The van der Waals surface area contributed by atoms with Crippen molar-refractivity contribution in [1.29, 1.82) is 0 Å². The molecular formula is C21H23NO4. The summed E-state index contributed by atoms with van der Waals surface area (Å²) in [7, 11) is 0. The molecule has 2 aromatic rings. The van der Waals surface area contributed by atoms with Crippen LogP contribution < -0.4 is 0 Å². The second kappa shape index (κ2) is 5.68. The smallest absolute Gasteiger partial charge is 0.280 e. The molecule has 0 atom stereocenters. The molecule has 136 valence electrons. The summed E-state index contributed by atoms with van der Waals surface area (Å²) in [4.78, 5) is 11.5. The SMILES string of the molecule is O=[N+]([O-])c1cc(C23CC4CC(CC(C4)C2)C3)ccc1-c1ccc(CO)o1. The number of furan rings is 1. The van der Waals surface area contributed by atoms with Crippen molar-refractivity contribution in [3.05, 3.63) is 51.8 Å². The standard InChI is InChI=1S/C21H23NO4/c23-12-17-2-4-20(26-17)18-3-1-16(8-19(18)22(24)25)21-9-13-5-14(10-21)7-15(6-13)11-21/h1-4,8,13-15,23H,5-7,9-12H2. The summed E-state index contributed by atoms with van der Waals surface area (Å²) >= 11 is 0. The molecular weight excluding hydrogens is 330 g/mol. The van der Waals surface area contributed by atoms with Crippen LogP contribution in [0.4, 0.5) is 5.69 Å². The third kappa shape index (κ3) is 2.41. The molecule has 0 amide bonds. The first-order valence-corrected chi connectivity index (χ1v) is 9.55. The van der Waals surface area contributed by atoms with Gasteiger partial charge < -0.3 is 9.52 Å². The van der Waals surface area contributed by atoms with Gasteiger partial charge in [-0.2, -0.15) is 0 Å². The fraction of sp³-hybridized carbons (Fsp3) is 0.524. The van der Waals surface area contributed by atoms with Crippen LogP contribution in [0.1, 0.15) is 49.8 Å². The zero-order chi connectivity index (χ0) is 17.9. The second-order valence-electron chi connectivity index (χ2n) is 8.61. The highest BCUT2D eigenvalue weighted by Gasteiger charge is 2.51. The number of nitro groups is 1. The molecule has 4 saturated carbocycles. The minimum absolute atomic E-state index is 0.108. The van der Waals surface area contributed by atoms with Gasteiger partial charge in [0.2, 0.25) is 0 Å². The maximum absolute atomic E-state index is 11.8. The van der Waals surface area contributed by atoms with Crippen LogP contribution in [0, 0.1) is 27.9 Å². The Labute approximate surface area is 152 Å². The largest absolute Gasteiger partial charge is 0.458 e. The van der Waals surface area contributed by atoms with E-state index >= 15 is 0 Å². The molecule has 0 radical (unpaired) electrons. The van der Waals surface area contributed by atoms with E-state index in [9.17, 15) is 15.2 Å². The van der Waals surface area contributed by atoms with Crippen molar-refractivity contribution < 1.29 is 14.4 Å². The van der Waals surface area contributed by atoms with Crippen molar-refractivity contribution in [2.45, 2.75) is 50.5 Å². The third-order valence-electron chi connectivity index (χ3n) is 6.93. The van der Waals surface area contributed by atoms with E-state index in [-0.39, 0.29) is 22.6 Å². The first kappa shape index (κ1) is 16.1. The Hall–Kier alpha value is -2.14. The molecule has 1 aromatic carbocycles. The molecule has 4 aliphatic rings. The number of nitrogens with zero attached hydrogens (tertiary/aromatic N) is 1. The number of aliphatic hydroxyl groups excluding tert-OH is 1. The summed E-state index contributed by atoms with van der Waals surface area (Å²) in [5, 5.41) is 21.0. The summed E-state index contributed by atoms with van der Waals surface area (Å²) in [5.74, 6) is 3.27. The average Bonchev–Trinajstić information content (AvgIpc) is 3.09. The summed E-state index contributed by atoms with van der Waals surface area (Å²) in [5.41, 5.74) is 1.87. The Morgan fingerprint density at radius 3 is 2.27 bits per heavy atom. The third-order valence-corrected chi connectivity index (χ3v) is 6.93. The lowest BCUT2D eigenvalue weighted by Gasteiger charge is -2.57. The number of hydrogen-bond donors (Lipinski definition) is 1. The molecule has 0 unspecified atom stereocenters. The first-order chi connectivity index (χ1) is 12.6. The maximum atomic E-state index is 11.8. The van der Waals surface area contributed by atoms with Crippen molar-refractivity contribution in [3.63, 3.8) is 0 Å². The Morgan fingerprint density at radius 2 is 1.73 bits per heavy atom. The monoisotopic (exact) mass is 353 g/mol. The van der Waals surface area contributed by atoms with E-state index < -0.39 is 0 Å². The van der Waals surface area contributed by atoms with Gasteiger partial charge in [0.25, 0.3) is 5.69 Å². The quantitative estimate of drug-likeness (QED) is 0.632. The first-order valence-electron chi connectivity index (χ1n) is 9.55. The zero-order valence-corrected chi connectivity index (χ0v) is 14.7. The number of hydrogen-bond acceptors (Lipinski definition) is 4. The Kier molecular flexibility index (Phi) is 3.51. The summed E-state index contributed by atoms with van der Waals surface area (Å²) < 4.78 is 5.54. The molecule has 26 heavy (non-hydrogen) atoms. The van der Waals surface area contributed by atoms with E-state index in [1.54, 1.807) is 18.2 Å². The minimum atomic E-state index is -0.305. The predicted octanol–water partition coefficient (Wildman–Crippen LogP) is 4.81. The van der Waals surface area contributed by atoms with Crippen LogP contribution in [0.5, 0.6) is 0 Å². The fourth-order valence-electron chi connectivity index (χ4n) is 6.29. The molecule has 4 bridgehead atoms. The minimum Gasteiger partial charge on any atom is -0.458 e. The fourth-order valence-corrected chi connectivity index (χ4v) is 6.29. The molecule has 4 aliphatic carbocycles. The van der Waals surface area contributed by atoms with Crippen molar-refractivity contribution >= 4 is 5.69 Å². The van der Waals surface area contributed by atoms with Gasteiger partial charge in [-0.15, -0.1) is 0 Å². The van der Waals surface area contributed by atoms with Crippen LogP contribution in [0.2, 0.25) is 0 Å². The Morgan fingerprint density at radius 1 is 1.08 bits per heavy atom. The number of nitro benzene ring substituents is 1. The molecule has 0 aliphatic heterocycles. The van der Waals surface area contributed by atoms with Crippen LogP contribution in [0.3, 0.4) is 0 Å². The van der Waals surface area contributed by atoms with Gasteiger partial charge >= 0.3 is 0 Å². The molecule has 5 nitrogen and oxygen atoms in total. The van der Waals surface area contributed by atoms with Gasteiger partial charge in [0.15, 0.2) is 0 Å². The van der Waals surface area contributed by atoms with Crippen LogP contribution in [0.25, 0.3) is 11.3 Å². The molecule has 0 saturated heterocycles. The lowest BCUT2D eigenvalue weighted by atomic mass is 9.48. The average molecular weight is 353 g/mol. The number of aliphatic hydroxyl groups is 1. The molecule has 5 heteroatoms. The highest BCUT2D eigenvalue weighted by Crippen LogP contribution is 2.61. The van der Waals surface area contributed by atoms with E-state index in [1.165, 1.54) is 38.5 Å². The lowest BCUT2D eigenvalue weighted by molar-refractivity contribution is -0.384. The van der Waals surface area contributed by atoms with Crippen LogP contribution >= 0.6 is 0 Å². The molecule has 6 rings (SSSR count). The van der Waals surface area contributed by atoms with Gasteiger partial charge in [-0.3, -0.25) is 10.1 Å². The summed E-state index contributed by atoms with van der Waals surface area (Å²) in [6.07, 6.45) is 7.63. The summed E-state index contributed by atoms with van der Waals surface area (Å²) in [6.45, 7) is -0.209. The van der Waals surface area contributed by atoms with Gasteiger partial charge in [0, 0.05) is 6.07 Å². The molecule has 4 fully saturated rings. The predicted molar refractivity (Wildman–Crippen MR) is 96.6 cm³/mol. The second-order valence-corrected chi connectivity index (χ2v) is 8.61. The van der Waals surface area contributed by atoms with E-state index in [4.69, 9.17) is 4.42 Å². The van der Waals surface area contributed by atoms with Gasteiger partial charge in [-0.1, -0.05) is 6.07 Å². The highest BCUT2D eigenvalue weighted by molar-refractivity contribution is 5.70. The maximum Gasteiger partial charge on any atom is 0.280 e. The molecule has 1 N–H and O–H groups in total. The van der Waals surface area contributed by atoms with Crippen molar-refractivity contribution in [2.24, 2.45) is 17.8 Å². The van der Waals surface area contributed by atoms with E-state index in [2.05, 4.69) is 6.07 Å². The van der Waals surface area contributed by atoms with Crippen LogP contribution in [0.15, 0.2) is 34.7 Å². The van der Waals surface area contributed by atoms with Crippen molar-refractivity contribution in [2.75, 3.05) is 0 Å². The van der Waals surface area contributed by atoms with E-state index in [0.29, 0.717) is 17.1 Å². The number of benzene rings is 1. The van der Waals surface area contributed by atoms with Crippen molar-refractivity contribution in [1.82, 2.24) is 0 Å².